The number of para-hydroxylation sites is 1. The number of aryl methyl sites for hydroxylation is 1. The Bertz CT molecular complexity index is 931. The zero-order chi connectivity index (χ0) is 16.5. The quantitative estimate of drug-likeness (QED) is 0.775. The van der Waals surface area contributed by atoms with Gasteiger partial charge in [-0.15, -0.1) is 0 Å². The molecular formula is C20H21N3O. The van der Waals surface area contributed by atoms with Crippen LogP contribution in [0.15, 0.2) is 53.3 Å². The molecule has 2 aromatic carbocycles. The van der Waals surface area contributed by atoms with E-state index in [0.29, 0.717) is 17.3 Å². The van der Waals surface area contributed by atoms with Crippen LogP contribution in [0.25, 0.3) is 10.9 Å². The highest BCUT2D eigenvalue weighted by Gasteiger charge is 2.22. The maximum absolute atomic E-state index is 12.3. The van der Waals surface area contributed by atoms with Crippen LogP contribution >= 0.6 is 0 Å². The van der Waals surface area contributed by atoms with Gasteiger partial charge in [0.25, 0.3) is 5.56 Å². The van der Waals surface area contributed by atoms with E-state index >= 15 is 0 Å². The lowest BCUT2D eigenvalue weighted by atomic mass is 9.87. The molecule has 4 rings (SSSR count). The van der Waals surface area contributed by atoms with Crippen LogP contribution < -0.4 is 10.9 Å². The van der Waals surface area contributed by atoms with Gasteiger partial charge in [0.2, 0.25) is 0 Å². The molecule has 1 aromatic heterocycles. The fourth-order valence-electron chi connectivity index (χ4n) is 3.62. The predicted molar refractivity (Wildman–Crippen MR) is 96.0 cm³/mol. The summed E-state index contributed by atoms with van der Waals surface area (Å²) < 4.78 is 0. The first-order chi connectivity index (χ1) is 11.7. The summed E-state index contributed by atoms with van der Waals surface area (Å²) in [5, 5.41) is 4.29. The number of benzene rings is 2. The number of aromatic nitrogens is 2. The summed E-state index contributed by atoms with van der Waals surface area (Å²) in [4.78, 5) is 19.8. The Morgan fingerprint density at radius 3 is 2.88 bits per heavy atom. The SMILES string of the molecule is C[C@H](N[C@@H]1CCCc2ccccc21)c1nc2ccccc2c(=O)[nH]1. The topological polar surface area (TPSA) is 57.8 Å². The summed E-state index contributed by atoms with van der Waals surface area (Å²) in [5.41, 5.74) is 3.47. The smallest absolute Gasteiger partial charge is 0.258 e. The summed E-state index contributed by atoms with van der Waals surface area (Å²) in [5.74, 6) is 0.696. The summed E-state index contributed by atoms with van der Waals surface area (Å²) in [6, 6.07) is 16.4. The molecule has 4 heteroatoms. The van der Waals surface area contributed by atoms with Crippen molar-refractivity contribution in [1.82, 2.24) is 15.3 Å². The second-order valence-corrected chi connectivity index (χ2v) is 6.50. The third kappa shape index (κ3) is 2.74. The van der Waals surface area contributed by atoms with Gasteiger partial charge in [-0.1, -0.05) is 36.4 Å². The summed E-state index contributed by atoms with van der Waals surface area (Å²) >= 11 is 0. The van der Waals surface area contributed by atoms with E-state index in [2.05, 4.69) is 46.5 Å². The Balaban J connectivity index is 1.63. The van der Waals surface area contributed by atoms with Crippen LogP contribution in [-0.4, -0.2) is 9.97 Å². The number of nitrogens with zero attached hydrogens (tertiary/aromatic N) is 1. The molecule has 0 saturated carbocycles. The molecule has 122 valence electrons. The van der Waals surface area contributed by atoms with E-state index in [1.165, 1.54) is 17.5 Å². The molecule has 24 heavy (non-hydrogen) atoms. The molecule has 0 aliphatic heterocycles. The molecule has 0 fully saturated rings. The van der Waals surface area contributed by atoms with Gasteiger partial charge in [0.15, 0.2) is 0 Å². The van der Waals surface area contributed by atoms with E-state index in [1.54, 1.807) is 6.07 Å². The number of aromatic amines is 1. The van der Waals surface area contributed by atoms with Crippen molar-refractivity contribution in [3.8, 4) is 0 Å². The molecule has 2 atom stereocenters. The highest BCUT2D eigenvalue weighted by molar-refractivity contribution is 5.77. The Kier molecular flexibility index (Phi) is 3.90. The molecule has 0 spiro atoms. The minimum atomic E-state index is -0.0757. The van der Waals surface area contributed by atoms with Gasteiger partial charge in [0.05, 0.1) is 16.9 Å². The summed E-state index contributed by atoms with van der Waals surface area (Å²) in [7, 11) is 0. The van der Waals surface area contributed by atoms with Crippen molar-refractivity contribution in [2.75, 3.05) is 0 Å². The van der Waals surface area contributed by atoms with Crippen molar-refractivity contribution in [3.05, 3.63) is 75.8 Å². The van der Waals surface area contributed by atoms with Crippen LogP contribution in [0.4, 0.5) is 0 Å². The standard InChI is InChI=1S/C20H21N3O/c1-13(19-22-18-11-5-4-10-16(18)20(24)23-19)21-17-12-6-8-14-7-2-3-9-15(14)17/h2-5,7,9-11,13,17,21H,6,8,12H2,1H3,(H,22,23,24)/t13-,17+/m0/s1. The van der Waals surface area contributed by atoms with Crippen LogP contribution in [0.5, 0.6) is 0 Å². The highest BCUT2D eigenvalue weighted by Crippen LogP contribution is 2.31. The normalized spacial score (nSPS) is 18.3. The number of hydrogen-bond donors (Lipinski definition) is 2. The predicted octanol–water partition coefficient (Wildman–Crippen LogP) is 3.65. The summed E-state index contributed by atoms with van der Waals surface area (Å²) in [6.45, 7) is 2.06. The van der Waals surface area contributed by atoms with Crippen molar-refractivity contribution in [2.24, 2.45) is 0 Å². The average molecular weight is 319 g/mol. The molecule has 0 saturated heterocycles. The first-order valence-electron chi connectivity index (χ1n) is 8.55. The third-order valence-electron chi connectivity index (χ3n) is 4.86. The second-order valence-electron chi connectivity index (χ2n) is 6.50. The van der Waals surface area contributed by atoms with Crippen molar-refractivity contribution < 1.29 is 0 Å². The zero-order valence-electron chi connectivity index (χ0n) is 13.8. The van der Waals surface area contributed by atoms with Gasteiger partial charge in [-0.05, 0) is 49.4 Å². The minimum absolute atomic E-state index is 0.0153. The lowest BCUT2D eigenvalue weighted by Crippen LogP contribution is -2.30. The van der Waals surface area contributed by atoms with Gasteiger partial charge in [0.1, 0.15) is 5.82 Å². The van der Waals surface area contributed by atoms with Crippen LogP contribution in [0.2, 0.25) is 0 Å². The van der Waals surface area contributed by atoms with Crippen LogP contribution in [0.1, 0.15) is 48.8 Å². The average Bonchev–Trinajstić information content (AvgIpc) is 2.62. The Morgan fingerprint density at radius 1 is 1.17 bits per heavy atom. The first-order valence-corrected chi connectivity index (χ1v) is 8.55. The first kappa shape index (κ1) is 15.1. The van der Waals surface area contributed by atoms with Gasteiger partial charge in [-0.3, -0.25) is 4.79 Å². The van der Waals surface area contributed by atoms with Gasteiger partial charge >= 0.3 is 0 Å². The van der Waals surface area contributed by atoms with Gasteiger partial charge < -0.3 is 10.3 Å². The summed E-state index contributed by atoms with van der Waals surface area (Å²) in [6.07, 6.45) is 3.44. The number of H-pyrrole nitrogens is 1. The molecule has 1 aliphatic rings. The molecule has 4 nitrogen and oxygen atoms in total. The van der Waals surface area contributed by atoms with E-state index < -0.39 is 0 Å². The minimum Gasteiger partial charge on any atom is -0.309 e. The van der Waals surface area contributed by atoms with Crippen molar-refractivity contribution in [3.63, 3.8) is 0 Å². The lowest BCUT2D eigenvalue weighted by molar-refractivity contribution is 0.406. The van der Waals surface area contributed by atoms with Crippen LogP contribution in [0, 0.1) is 0 Å². The fourth-order valence-corrected chi connectivity index (χ4v) is 3.62. The fraction of sp³-hybridized carbons (Fsp3) is 0.300. The van der Waals surface area contributed by atoms with E-state index in [4.69, 9.17) is 0 Å². The van der Waals surface area contributed by atoms with Crippen molar-refractivity contribution in [2.45, 2.75) is 38.3 Å². The third-order valence-corrected chi connectivity index (χ3v) is 4.86. The number of fused-ring (bicyclic) bond motifs is 2. The van der Waals surface area contributed by atoms with Crippen LogP contribution in [-0.2, 0) is 6.42 Å². The van der Waals surface area contributed by atoms with E-state index in [1.807, 2.05) is 18.2 Å². The number of nitrogens with one attached hydrogen (secondary N) is 2. The van der Waals surface area contributed by atoms with Crippen LogP contribution in [0.3, 0.4) is 0 Å². The van der Waals surface area contributed by atoms with Gasteiger partial charge in [-0.2, -0.15) is 0 Å². The van der Waals surface area contributed by atoms with Gasteiger partial charge in [-0.25, -0.2) is 4.98 Å². The molecule has 1 aliphatic carbocycles. The van der Waals surface area contributed by atoms with Crippen molar-refractivity contribution >= 4 is 10.9 Å². The number of rotatable bonds is 3. The Labute approximate surface area is 141 Å². The molecule has 0 radical (unpaired) electrons. The number of hydrogen-bond acceptors (Lipinski definition) is 3. The second kappa shape index (κ2) is 6.21. The van der Waals surface area contributed by atoms with E-state index in [-0.39, 0.29) is 11.6 Å². The molecule has 3 aromatic rings. The van der Waals surface area contributed by atoms with E-state index in [9.17, 15) is 4.79 Å². The molecule has 0 bridgehead atoms. The maximum Gasteiger partial charge on any atom is 0.258 e. The van der Waals surface area contributed by atoms with Crippen molar-refractivity contribution in [1.29, 1.82) is 0 Å². The highest BCUT2D eigenvalue weighted by atomic mass is 16.1. The molecule has 0 unspecified atom stereocenters. The molecule has 0 amide bonds. The monoisotopic (exact) mass is 319 g/mol. The molecule has 2 N–H and O–H groups in total. The lowest BCUT2D eigenvalue weighted by Gasteiger charge is -2.29. The zero-order valence-corrected chi connectivity index (χ0v) is 13.8. The largest absolute Gasteiger partial charge is 0.309 e. The molecule has 1 heterocycles. The van der Waals surface area contributed by atoms with Gasteiger partial charge in [0, 0.05) is 6.04 Å². The molecular weight excluding hydrogens is 298 g/mol. The maximum atomic E-state index is 12.3. The Hall–Kier alpha value is -2.46. The van der Waals surface area contributed by atoms with E-state index in [0.717, 1.165) is 18.4 Å². The Morgan fingerprint density at radius 2 is 1.96 bits per heavy atom.